The fourth-order valence-corrected chi connectivity index (χ4v) is 2.76. The number of aromatic nitrogens is 2. The molecule has 1 aliphatic heterocycles. The first-order chi connectivity index (χ1) is 8.51. The van der Waals surface area contributed by atoms with Crippen molar-refractivity contribution in [2.45, 2.75) is 33.2 Å². The van der Waals surface area contributed by atoms with Gasteiger partial charge in [0.2, 0.25) is 0 Å². The molecule has 4 nitrogen and oxygen atoms in total. The van der Waals surface area contributed by atoms with Crippen LogP contribution in [0.25, 0.3) is 0 Å². The van der Waals surface area contributed by atoms with Crippen LogP contribution in [0.3, 0.4) is 0 Å². The van der Waals surface area contributed by atoms with Crippen LogP contribution in [0.15, 0.2) is 6.07 Å². The molecule has 0 aliphatic carbocycles. The fourth-order valence-electron chi connectivity index (χ4n) is 2.76. The first-order valence-corrected chi connectivity index (χ1v) is 6.77. The van der Waals surface area contributed by atoms with Crippen LogP contribution in [0.5, 0.6) is 0 Å². The maximum atomic E-state index is 4.59. The molecule has 4 heteroatoms. The molecule has 1 aliphatic rings. The molecule has 1 saturated heterocycles. The van der Waals surface area contributed by atoms with Gasteiger partial charge in [0.05, 0.1) is 0 Å². The Morgan fingerprint density at radius 3 is 2.61 bits per heavy atom. The molecule has 18 heavy (non-hydrogen) atoms. The average molecular weight is 248 g/mol. The van der Waals surface area contributed by atoms with E-state index in [2.05, 4.69) is 53.8 Å². The van der Waals surface area contributed by atoms with Gasteiger partial charge in [-0.3, -0.25) is 0 Å². The average Bonchev–Trinajstić information content (AvgIpc) is 2.70. The van der Waals surface area contributed by atoms with E-state index in [0.29, 0.717) is 12.0 Å². The standard InChI is InChI=1S/C14H24N4/c1-6-12-7-14(16-11(3)15-12)18-8-10(2)13(9-18)17(4)5/h7,10,13H,6,8-9H2,1-5H3. The normalized spacial score (nSPS) is 24.0. The molecule has 0 spiro atoms. The van der Waals surface area contributed by atoms with E-state index in [0.717, 1.165) is 36.8 Å². The predicted molar refractivity (Wildman–Crippen MR) is 75.0 cm³/mol. The van der Waals surface area contributed by atoms with Gasteiger partial charge in [0.1, 0.15) is 11.6 Å². The van der Waals surface area contributed by atoms with Crippen molar-refractivity contribution < 1.29 is 0 Å². The summed E-state index contributed by atoms with van der Waals surface area (Å²) in [5.74, 6) is 2.65. The zero-order valence-corrected chi connectivity index (χ0v) is 12.1. The molecule has 0 radical (unpaired) electrons. The molecule has 0 bridgehead atoms. The van der Waals surface area contributed by atoms with Crippen LogP contribution < -0.4 is 4.90 Å². The second-order valence-corrected chi connectivity index (χ2v) is 5.53. The summed E-state index contributed by atoms with van der Waals surface area (Å²) in [5, 5.41) is 0. The molecule has 2 unspecified atom stereocenters. The summed E-state index contributed by atoms with van der Waals surface area (Å²) in [6, 6.07) is 2.75. The first kappa shape index (κ1) is 13.3. The quantitative estimate of drug-likeness (QED) is 0.815. The number of anilines is 1. The van der Waals surface area contributed by atoms with Crippen LogP contribution in [-0.4, -0.2) is 48.1 Å². The fraction of sp³-hybridized carbons (Fsp3) is 0.714. The maximum absolute atomic E-state index is 4.59. The third kappa shape index (κ3) is 2.64. The van der Waals surface area contributed by atoms with Gasteiger partial charge in [-0.05, 0) is 33.4 Å². The molecule has 1 aromatic rings. The Kier molecular flexibility index (Phi) is 3.85. The van der Waals surface area contributed by atoms with E-state index in [1.54, 1.807) is 0 Å². The largest absolute Gasteiger partial charge is 0.355 e. The van der Waals surface area contributed by atoms with Crippen molar-refractivity contribution in [1.29, 1.82) is 0 Å². The van der Waals surface area contributed by atoms with E-state index < -0.39 is 0 Å². The van der Waals surface area contributed by atoms with E-state index in [-0.39, 0.29) is 0 Å². The Labute approximate surface area is 110 Å². The second-order valence-electron chi connectivity index (χ2n) is 5.53. The molecule has 2 rings (SSSR count). The number of hydrogen-bond acceptors (Lipinski definition) is 4. The minimum absolute atomic E-state index is 0.616. The van der Waals surface area contributed by atoms with Crippen LogP contribution in [0.2, 0.25) is 0 Å². The van der Waals surface area contributed by atoms with Gasteiger partial charge < -0.3 is 9.80 Å². The third-order valence-corrected chi connectivity index (χ3v) is 3.80. The Morgan fingerprint density at radius 2 is 2.06 bits per heavy atom. The lowest BCUT2D eigenvalue weighted by atomic mass is 10.1. The second kappa shape index (κ2) is 5.22. The zero-order valence-electron chi connectivity index (χ0n) is 12.1. The Balaban J connectivity index is 2.20. The third-order valence-electron chi connectivity index (χ3n) is 3.80. The topological polar surface area (TPSA) is 32.3 Å². The molecule has 0 saturated carbocycles. The highest BCUT2D eigenvalue weighted by atomic mass is 15.3. The van der Waals surface area contributed by atoms with Gasteiger partial charge in [-0.15, -0.1) is 0 Å². The van der Waals surface area contributed by atoms with E-state index in [1.807, 2.05) is 6.92 Å². The summed E-state index contributed by atoms with van der Waals surface area (Å²) < 4.78 is 0. The molecular weight excluding hydrogens is 224 g/mol. The molecule has 2 atom stereocenters. The maximum Gasteiger partial charge on any atom is 0.132 e. The van der Waals surface area contributed by atoms with Crippen molar-refractivity contribution in [3.8, 4) is 0 Å². The van der Waals surface area contributed by atoms with E-state index in [4.69, 9.17) is 0 Å². The number of rotatable bonds is 3. The summed E-state index contributed by atoms with van der Waals surface area (Å²) in [6.07, 6.45) is 0.969. The Hall–Kier alpha value is -1.16. The van der Waals surface area contributed by atoms with Crippen LogP contribution >= 0.6 is 0 Å². The van der Waals surface area contributed by atoms with Gasteiger partial charge in [-0.25, -0.2) is 9.97 Å². The molecule has 1 aromatic heterocycles. The molecule has 0 N–H and O–H groups in total. The summed E-state index contributed by atoms with van der Waals surface area (Å²) in [4.78, 5) is 13.7. The molecule has 0 amide bonds. The smallest absolute Gasteiger partial charge is 0.132 e. The first-order valence-electron chi connectivity index (χ1n) is 6.77. The van der Waals surface area contributed by atoms with Crippen molar-refractivity contribution in [3.63, 3.8) is 0 Å². The summed E-state index contributed by atoms with van der Waals surface area (Å²) in [5.41, 5.74) is 1.14. The lowest BCUT2D eigenvalue weighted by Gasteiger charge is -2.22. The van der Waals surface area contributed by atoms with Crippen molar-refractivity contribution in [3.05, 3.63) is 17.6 Å². The van der Waals surface area contributed by atoms with Gasteiger partial charge in [0, 0.05) is 30.9 Å². The minimum atomic E-state index is 0.616. The van der Waals surface area contributed by atoms with Gasteiger partial charge in [0.25, 0.3) is 0 Å². The summed E-state index contributed by atoms with van der Waals surface area (Å²) in [7, 11) is 4.32. The SMILES string of the molecule is CCc1cc(N2CC(C)C(N(C)C)C2)nc(C)n1. The predicted octanol–water partition coefficient (Wildman–Crippen LogP) is 1.73. The van der Waals surface area contributed by atoms with E-state index >= 15 is 0 Å². The molecule has 1 fully saturated rings. The zero-order chi connectivity index (χ0) is 13.3. The Morgan fingerprint density at radius 1 is 1.33 bits per heavy atom. The van der Waals surface area contributed by atoms with E-state index in [9.17, 15) is 0 Å². The van der Waals surface area contributed by atoms with Gasteiger partial charge >= 0.3 is 0 Å². The summed E-state index contributed by atoms with van der Waals surface area (Å²) >= 11 is 0. The van der Waals surface area contributed by atoms with Crippen molar-refractivity contribution in [1.82, 2.24) is 14.9 Å². The number of nitrogens with zero attached hydrogens (tertiary/aromatic N) is 4. The molecule has 100 valence electrons. The van der Waals surface area contributed by atoms with Crippen molar-refractivity contribution >= 4 is 5.82 Å². The van der Waals surface area contributed by atoms with E-state index in [1.165, 1.54) is 0 Å². The number of aryl methyl sites for hydroxylation is 2. The highest BCUT2D eigenvalue weighted by molar-refractivity contribution is 5.42. The van der Waals surface area contributed by atoms with Crippen LogP contribution in [0.4, 0.5) is 5.82 Å². The minimum Gasteiger partial charge on any atom is -0.355 e. The monoisotopic (exact) mass is 248 g/mol. The lowest BCUT2D eigenvalue weighted by Crippen LogP contribution is -2.34. The van der Waals surface area contributed by atoms with Crippen LogP contribution in [0.1, 0.15) is 25.4 Å². The molecule has 0 aromatic carbocycles. The highest BCUT2D eigenvalue weighted by Gasteiger charge is 2.31. The van der Waals surface area contributed by atoms with Crippen LogP contribution in [-0.2, 0) is 6.42 Å². The van der Waals surface area contributed by atoms with Gasteiger partial charge in [0.15, 0.2) is 0 Å². The summed E-state index contributed by atoms with van der Waals surface area (Å²) in [6.45, 7) is 8.59. The van der Waals surface area contributed by atoms with Gasteiger partial charge in [-0.1, -0.05) is 13.8 Å². The Bertz CT molecular complexity index is 416. The molecule has 2 heterocycles. The van der Waals surface area contributed by atoms with Crippen LogP contribution in [0, 0.1) is 12.8 Å². The van der Waals surface area contributed by atoms with Crippen molar-refractivity contribution in [2.24, 2.45) is 5.92 Å². The molecular formula is C14H24N4. The van der Waals surface area contributed by atoms with Gasteiger partial charge in [-0.2, -0.15) is 0 Å². The lowest BCUT2D eigenvalue weighted by molar-refractivity contribution is 0.266. The van der Waals surface area contributed by atoms with Crippen molar-refractivity contribution in [2.75, 3.05) is 32.1 Å². The number of likely N-dealkylation sites (N-methyl/N-ethyl adjacent to an activating group) is 1. The highest BCUT2D eigenvalue weighted by Crippen LogP contribution is 2.25. The number of hydrogen-bond donors (Lipinski definition) is 0.